The van der Waals surface area contributed by atoms with Crippen LogP contribution >= 0.6 is 11.6 Å². The van der Waals surface area contributed by atoms with Crippen molar-refractivity contribution >= 4 is 19.9 Å². The molecule has 1 saturated heterocycles. The second-order valence-corrected chi connectivity index (χ2v) is 14.3. The maximum Gasteiger partial charge on any atom is 0.224 e. The molecule has 1 fully saturated rings. The molecule has 0 aliphatic carbocycles. The van der Waals surface area contributed by atoms with Gasteiger partial charge in [0.1, 0.15) is 24.4 Å². The Hall–Kier alpha value is -1.63. The average Bonchev–Trinajstić information content (AvgIpc) is 2.81. The van der Waals surface area contributed by atoms with Crippen LogP contribution in [0.25, 0.3) is 0 Å². The first-order valence-corrected chi connectivity index (χ1v) is 14.8. The summed E-state index contributed by atoms with van der Waals surface area (Å²) in [5, 5.41) is 32.3. The lowest BCUT2D eigenvalue weighted by Crippen LogP contribution is -2.64. The van der Waals surface area contributed by atoms with Crippen LogP contribution in [0.3, 0.4) is 0 Å². The molecule has 2 aromatic carbocycles. The van der Waals surface area contributed by atoms with E-state index in [-0.39, 0.29) is 34.9 Å². The number of hydrogen-bond donors (Lipinski definition) is 3. The molecule has 0 spiro atoms. The fourth-order valence-corrected chi connectivity index (χ4v) is 4.83. The predicted molar refractivity (Wildman–Crippen MR) is 128 cm³/mol. The molecule has 0 saturated carbocycles. The summed E-state index contributed by atoms with van der Waals surface area (Å²) < 4.78 is 51.1. The van der Waals surface area contributed by atoms with Gasteiger partial charge in [0.25, 0.3) is 0 Å². The van der Waals surface area contributed by atoms with Crippen molar-refractivity contribution in [2.24, 2.45) is 0 Å². The van der Waals surface area contributed by atoms with Crippen LogP contribution in [0.4, 0.5) is 8.78 Å². The number of aliphatic hydroxyl groups is 3. The Morgan fingerprint density at radius 3 is 2.29 bits per heavy atom. The summed E-state index contributed by atoms with van der Waals surface area (Å²) in [6.07, 6.45) is -5.79. The van der Waals surface area contributed by atoms with Crippen molar-refractivity contribution in [2.45, 2.75) is 56.3 Å². The lowest BCUT2D eigenvalue weighted by Gasteiger charge is -2.48. The van der Waals surface area contributed by atoms with Crippen LogP contribution in [0, 0.1) is 11.6 Å². The van der Waals surface area contributed by atoms with Gasteiger partial charge in [-0.1, -0.05) is 23.7 Å². The summed E-state index contributed by atoms with van der Waals surface area (Å²) in [6, 6.07) is 7.27. The SMILES string of the molecule is COc1ccc(Cc2cc([C@]3(OC)O[C@H](CO[Si](C)(C)C)[C@@H](O)[C@H](O)[C@H]3O)ccc2Cl)c(F)c1F. The topological polar surface area (TPSA) is 97.6 Å². The molecular weight excluding hydrogens is 502 g/mol. The molecule has 5 atom stereocenters. The van der Waals surface area contributed by atoms with Gasteiger partial charge in [-0.15, -0.1) is 0 Å². The van der Waals surface area contributed by atoms with Crippen LogP contribution in [0.5, 0.6) is 5.75 Å². The zero-order chi connectivity index (χ0) is 26.1. The summed E-state index contributed by atoms with van der Waals surface area (Å²) in [5.41, 5.74) is 0.705. The van der Waals surface area contributed by atoms with Crippen LogP contribution in [0.15, 0.2) is 30.3 Å². The van der Waals surface area contributed by atoms with Crippen molar-refractivity contribution < 1.29 is 42.7 Å². The molecule has 11 heteroatoms. The first-order chi connectivity index (χ1) is 16.3. The van der Waals surface area contributed by atoms with Gasteiger partial charge in [-0.25, -0.2) is 4.39 Å². The van der Waals surface area contributed by atoms with Gasteiger partial charge in [0, 0.05) is 24.1 Å². The van der Waals surface area contributed by atoms with Crippen molar-refractivity contribution in [3.05, 3.63) is 63.7 Å². The normalized spacial score (nSPS) is 27.2. The lowest BCUT2D eigenvalue weighted by molar-refractivity contribution is -0.365. The van der Waals surface area contributed by atoms with E-state index in [0.29, 0.717) is 5.56 Å². The summed E-state index contributed by atoms with van der Waals surface area (Å²) >= 11 is 6.35. The zero-order valence-corrected chi connectivity index (χ0v) is 22.0. The molecule has 0 bridgehead atoms. The van der Waals surface area contributed by atoms with Crippen LogP contribution in [-0.4, -0.2) is 68.9 Å². The summed E-state index contributed by atoms with van der Waals surface area (Å²) in [5.74, 6) is -4.28. The van der Waals surface area contributed by atoms with Crippen LogP contribution in [-0.2, 0) is 26.1 Å². The fraction of sp³-hybridized carbons (Fsp3) is 0.500. The molecule has 1 heterocycles. The zero-order valence-electron chi connectivity index (χ0n) is 20.2. The maximum atomic E-state index is 14.6. The minimum Gasteiger partial charge on any atom is -0.494 e. The monoisotopic (exact) mass is 532 g/mol. The Morgan fingerprint density at radius 1 is 1.00 bits per heavy atom. The van der Waals surface area contributed by atoms with E-state index in [9.17, 15) is 24.1 Å². The third kappa shape index (κ3) is 5.70. The highest BCUT2D eigenvalue weighted by atomic mass is 35.5. The minimum atomic E-state index is -1.99. The third-order valence-corrected chi connectivity index (χ3v) is 7.33. The van der Waals surface area contributed by atoms with Crippen LogP contribution < -0.4 is 4.74 Å². The molecule has 2 aromatic rings. The molecule has 1 aliphatic rings. The Kier molecular flexibility index (Phi) is 8.60. The van der Waals surface area contributed by atoms with Crippen LogP contribution in [0.1, 0.15) is 16.7 Å². The summed E-state index contributed by atoms with van der Waals surface area (Å²) in [4.78, 5) is 0. The number of hydrogen-bond acceptors (Lipinski definition) is 7. The van der Waals surface area contributed by atoms with Gasteiger partial charge in [-0.05, 0) is 49.0 Å². The first-order valence-electron chi connectivity index (χ1n) is 11.1. The number of methoxy groups -OCH3 is 2. The number of rotatable bonds is 8. The highest BCUT2D eigenvalue weighted by Crippen LogP contribution is 2.41. The molecule has 1 aliphatic heterocycles. The minimum absolute atomic E-state index is 0.0252. The summed E-state index contributed by atoms with van der Waals surface area (Å²) in [7, 11) is 0.539. The molecule has 0 unspecified atom stereocenters. The molecule has 7 nitrogen and oxygen atoms in total. The number of ether oxygens (including phenoxy) is 3. The van der Waals surface area contributed by atoms with Gasteiger partial charge in [-0.2, -0.15) is 4.39 Å². The van der Waals surface area contributed by atoms with Gasteiger partial charge < -0.3 is 34.0 Å². The Labute approximate surface area is 209 Å². The van der Waals surface area contributed by atoms with Crippen molar-refractivity contribution in [3.8, 4) is 5.75 Å². The molecule has 3 rings (SSSR count). The van der Waals surface area contributed by atoms with E-state index in [4.69, 9.17) is 30.2 Å². The van der Waals surface area contributed by atoms with Gasteiger partial charge in [-0.3, -0.25) is 0 Å². The summed E-state index contributed by atoms with van der Waals surface area (Å²) in [6.45, 7) is 5.86. The van der Waals surface area contributed by atoms with Crippen molar-refractivity contribution in [2.75, 3.05) is 20.8 Å². The highest BCUT2D eigenvalue weighted by Gasteiger charge is 2.55. The van der Waals surface area contributed by atoms with E-state index >= 15 is 0 Å². The molecule has 194 valence electrons. The second-order valence-electron chi connectivity index (χ2n) is 9.42. The maximum absolute atomic E-state index is 14.6. The Balaban J connectivity index is 1.99. The Morgan fingerprint density at radius 2 is 1.69 bits per heavy atom. The van der Waals surface area contributed by atoms with E-state index in [0.717, 1.165) is 0 Å². The first kappa shape index (κ1) is 27.9. The lowest BCUT2D eigenvalue weighted by atomic mass is 9.87. The van der Waals surface area contributed by atoms with Gasteiger partial charge in [0.2, 0.25) is 11.6 Å². The number of aliphatic hydroxyl groups excluding tert-OH is 3. The van der Waals surface area contributed by atoms with Gasteiger partial charge >= 0.3 is 0 Å². The largest absolute Gasteiger partial charge is 0.494 e. The van der Waals surface area contributed by atoms with E-state index in [1.54, 1.807) is 0 Å². The second kappa shape index (κ2) is 10.8. The van der Waals surface area contributed by atoms with Crippen molar-refractivity contribution in [1.29, 1.82) is 0 Å². The number of benzene rings is 2. The standard InChI is InChI=1S/C24H31ClF2O7Si/c1-31-17-9-6-13(19(26)20(17)27)10-14-11-15(7-8-16(14)25)24(32-2)23(30)22(29)21(28)18(34-24)12-33-35(3,4)5/h6-9,11,18,21-23,28-30H,10,12H2,1-5H3/t18-,21-,22+,23-,24+/m1/s1. The molecule has 0 aromatic heterocycles. The van der Waals surface area contributed by atoms with Crippen LogP contribution in [0.2, 0.25) is 24.7 Å². The molecule has 0 amide bonds. The quantitative estimate of drug-likeness (QED) is 0.449. The van der Waals surface area contributed by atoms with E-state index < -0.39 is 50.2 Å². The average molecular weight is 533 g/mol. The number of halogens is 3. The molecular formula is C24H31ClF2O7Si. The molecule has 3 N–H and O–H groups in total. The molecule has 0 radical (unpaired) electrons. The smallest absolute Gasteiger partial charge is 0.224 e. The highest BCUT2D eigenvalue weighted by molar-refractivity contribution is 6.69. The van der Waals surface area contributed by atoms with Crippen molar-refractivity contribution in [3.63, 3.8) is 0 Å². The van der Waals surface area contributed by atoms with E-state index in [1.807, 2.05) is 19.6 Å². The van der Waals surface area contributed by atoms with Gasteiger partial charge in [0.05, 0.1) is 13.7 Å². The Bertz CT molecular complexity index is 1050. The third-order valence-electron chi connectivity index (χ3n) is 5.93. The van der Waals surface area contributed by atoms with Crippen molar-refractivity contribution in [1.82, 2.24) is 0 Å². The van der Waals surface area contributed by atoms with E-state index in [2.05, 4.69) is 0 Å². The fourth-order valence-electron chi connectivity index (χ4n) is 3.98. The predicted octanol–water partition coefficient (Wildman–Crippen LogP) is 3.35. The molecule has 35 heavy (non-hydrogen) atoms. The van der Waals surface area contributed by atoms with Gasteiger partial charge in [0.15, 0.2) is 19.9 Å². The van der Waals surface area contributed by atoms with E-state index in [1.165, 1.54) is 44.6 Å².